The second-order valence-corrected chi connectivity index (χ2v) is 2.96. The van der Waals surface area contributed by atoms with E-state index in [1.165, 1.54) is 11.3 Å². The normalized spacial score (nSPS) is 10.9. The third-order valence-electron chi connectivity index (χ3n) is 1.90. The summed E-state index contributed by atoms with van der Waals surface area (Å²) < 4.78 is 1.91. The maximum absolute atomic E-state index is 4.15. The first-order chi connectivity index (χ1) is 4.63. The van der Waals surface area contributed by atoms with Crippen LogP contribution in [0.25, 0.3) is 0 Å². The third kappa shape index (κ3) is 1.06. The van der Waals surface area contributed by atoms with Crippen molar-refractivity contribution in [1.29, 1.82) is 0 Å². The summed E-state index contributed by atoms with van der Waals surface area (Å²) in [6.07, 6.45) is 1.94. The lowest BCUT2D eigenvalue weighted by molar-refractivity contribution is 0.733. The van der Waals surface area contributed by atoms with Crippen LogP contribution in [0.2, 0.25) is 0 Å². The van der Waals surface area contributed by atoms with Crippen molar-refractivity contribution in [2.75, 3.05) is 0 Å². The van der Waals surface area contributed by atoms with Crippen molar-refractivity contribution in [3.05, 3.63) is 17.5 Å². The number of rotatable bonds is 1. The number of aromatic nitrogens is 2. The van der Waals surface area contributed by atoms with E-state index >= 15 is 0 Å². The maximum Gasteiger partial charge on any atom is 0.0527 e. The van der Waals surface area contributed by atoms with Gasteiger partial charge in [-0.25, -0.2) is 0 Å². The molecule has 0 aliphatic heterocycles. The Morgan fingerprint density at radius 3 is 2.30 bits per heavy atom. The molecule has 1 aromatic heterocycles. The van der Waals surface area contributed by atoms with E-state index in [-0.39, 0.29) is 0 Å². The van der Waals surface area contributed by atoms with E-state index < -0.39 is 0 Å². The van der Waals surface area contributed by atoms with Gasteiger partial charge in [0.1, 0.15) is 0 Å². The van der Waals surface area contributed by atoms with Gasteiger partial charge in [-0.05, 0) is 18.4 Å². The van der Waals surface area contributed by atoms with Crippen LogP contribution < -0.4 is 0 Å². The molecule has 1 heterocycles. The van der Waals surface area contributed by atoms with E-state index in [4.69, 9.17) is 0 Å². The van der Waals surface area contributed by atoms with Gasteiger partial charge >= 0.3 is 0 Å². The predicted molar refractivity (Wildman–Crippen MR) is 42.0 cm³/mol. The van der Waals surface area contributed by atoms with Crippen molar-refractivity contribution in [2.24, 2.45) is 7.05 Å². The number of nitrogens with zero attached hydrogens (tertiary/aromatic N) is 2. The second kappa shape index (κ2) is 2.45. The van der Waals surface area contributed by atoms with Gasteiger partial charge in [0.25, 0.3) is 0 Å². The molecule has 0 radical (unpaired) electrons. The Bertz CT molecular complexity index is 223. The highest BCUT2D eigenvalue weighted by molar-refractivity contribution is 5.19. The minimum Gasteiger partial charge on any atom is -0.273 e. The van der Waals surface area contributed by atoms with Crippen molar-refractivity contribution in [2.45, 2.75) is 26.7 Å². The van der Waals surface area contributed by atoms with E-state index in [1.807, 2.05) is 17.9 Å². The fourth-order valence-electron chi connectivity index (χ4n) is 1.08. The molecular formula is C8H14N2. The molecule has 0 saturated heterocycles. The molecule has 0 atom stereocenters. The molecule has 0 bridgehead atoms. The van der Waals surface area contributed by atoms with E-state index in [2.05, 4.69) is 25.9 Å². The average molecular weight is 138 g/mol. The van der Waals surface area contributed by atoms with Crippen LogP contribution in [0.1, 0.15) is 31.0 Å². The van der Waals surface area contributed by atoms with Gasteiger partial charge in [0, 0.05) is 12.7 Å². The van der Waals surface area contributed by atoms with Crippen molar-refractivity contribution in [3.8, 4) is 0 Å². The summed E-state index contributed by atoms with van der Waals surface area (Å²) in [5.74, 6) is 0.591. The summed E-state index contributed by atoms with van der Waals surface area (Å²) in [6.45, 7) is 6.47. The Labute approximate surface area is 61.9 Å². The molecule has 0 saturated carbocycles. The first-order valence-electron chi connectivity index (χ1n) is 3.61. The molecule has 56 valence electrons. The SMILES string of the molecule is Cc1c(C(C)C)cnn1C. The quantitative estimate of drug-likeness (QED) is 0.579. The largest absolute Gasteiger partial charge is 0.273 e. The lowest BCUT2D eigenvalue weighted by Crippen LogP contribution is -1.94. The van der Waals surface area contributed by atoms with Gasteiger partial charge in [-0.3, -0.25) is 4.68 Å². The summed E-state index contributed by atoms with van der Waals surface area (Å²) >= 11 is 0. The Balaban J connectivity index is 3.05. The maximum atomic E-state index is 4.15. The molecule has 1 aromatic rings. The van der Waals surface area contributed by atoms with Gasteiger partial charge in [0.05, 0.1) is 6.20 Å². The molecule has 0 aromatic carbocycles. The lowest BCUT2D eigenvalue weighted by atomic mass is 10.1. The zero-order valence-electron chi connectivity index (χ0n) is 7.05. The molecule has 0 aliphatic rings. The van der Waals surface area contributed by atoms with E-state index in [0.717, 1.165) is 0 Å². The van der Waals surface area contributed by atoms with Crippen LogP contribution in [-0.4, -0.2) is 9.78 Å². The van der Waals surface area contributed by atoms with Gasteiger partial charge < -0.3 is 0 Å². The van der Waals surface area contributed by atoms with Gasteiger partial charge in [0.2, 0.25) is 0 Å². The van der Waals surface area contributed by atoms with E-state index in [0.29, 0.717) is 5.92 Å². The van der Waals surface area contributed by atoms with Crippen LogP contribution in [0.15, 0.2) is 6.20 Å². The van der Waals surface area contributed by atoms with Crippen LogP contribution in [0, 0.1) is 6.92 Å². The molecule has 10 heavy (non-hydrogen) atoms. The lowest BCUT2D eigenvalue weighted by Gasteiger charge is -2.02. The summed E-state index contributed by atoms with van der Waals surface area (Å²) in [5.41, 5.74) is 2.62. The van der Waals surface area contributed by atoms with Gasteiger partial charge in [-0.1, -0.05) is 13.8 Å². The summed E-state index contributed by atoms with van der Waals surface area (Å²) in [4.78, 5) is 0. The molecule has 1 rings (SSSR count). The van der Waals surface area contributed by atoms with Crippen molar-refractivity contribution in [3.63, 3.8) is 0 Å². The highest BCUT2D eigenvalue weighted by Crippen LogP contribution is 2.16. The Morgan fingerprint density at radius 2 is 2.10 bits per heavy atom. The average Bonchev–Trinajstić information content (AvgIpc) is 2.14. The van der Waals surface area contributed by atoms with Gasteiger partial charge in [-0.2, -0.15) is 5.10 Å². The molecule has 0 N–H and O–H groups in total. The molecule has 0 aliphatic carbocycles. The smallest absolute Gasteiger partial charge is 0.0527 e. The van der Waals surface area contributed by atoms with Crippen molar-refractivity contribution < 1.29 is 0 Å². The topological polar surface area (TPSA) is 17.8 Å². The highest BCUT2D eigenvalue weighted by Gasteiger charge is 2.05. The first kappa shape index (κ1) is 7.32. The molecule has 0 spiro atoms. The van der Waals surface area contributed by atoms with E-state index in [9.17, 15) is 0 Å². The molecule has 2 heteroatoms. The fourth-order valence-corrected chi connectivity index (χ4v) is 1.08. The Morgan fingerprint density at radius 1 is 1.50 bits per heavy atom. The molecule has 0 amide bonds. The number of hydrogen-bond acceptors (Lipinski definition) is 1. The monoisotopic (exact) mass is 138 g/mol. The summed E-state index contributed by atoms with van der Waals surface area (Å²) in [6, 6.07) is 0. The minimum absolute atomic E-state index is 0.591. The fraction of sp³-hybridized carbons (Fsp3) is 0.625. The van der Waals surface area contributed by atoms with Gasteiger partial charge in [-0.15, -0.1) is 0 Å². The van der Waals surface area contributed by atoms with Crippen LogP contribution >= 0.6 is 0 Å². The predicted octanol–water partition coefficient (Wildman–Crippen LogP) is 1.85. The van der Waals surface area contributed by atoms with Crippen LogP contribution in [-0.2, 0) is 7.05 Å². The van der Waals surface area contributed by atoms with Crippen molar-refractivity contribution in [1.82, 2.24) is 9.78 Å². The van der Waals surface area contributed by atoms with Crippen molar-refractivity contribution >= 4 is 0 Å². The Kier molecular flexibility index (Phi) is 1.79. The molecule has 0 unspecified atom stereocenters. The number of hydrogen-bond donors (Lipinski definition) is 0. The number of aryl methyl sites for hydroxylation is 1. The summed E-state index contributed by atoms with van der Waals surface area (Å²) in [7, 11) is 1.97. The minimum atomic E-state index is 0.591. The van der Waals surface area contributed by atoms with Crippen LogP contribution in [0.5, 0.6) is 0 Å². The molecule has 2 nitrogen and oxygen atoms in total. The Hall–Kier alpha value is -0.790. The van der Waals surface area contributed by atoms with Crippen LogP contribution in [0.4, 0.5) is 0 Å². The highest BCUT2D eigenvalue weighted by atomic mass is 15.3. The molecule has 0 fully saturated rings. The zero-order valence-corrected chi connectivity index (χ0v) is 7.05. The van der Waals surface area contributed by atoms with Crippen LogP contribution in [0.3, 0.4) is 0 Å². The third-order valence-corrected chi connectivity index (χ3v) is 1.90. The summed E-state index contributed by atoms with van der Waals surface area (Å²) in [5, 5.41) is 4.15. The second-order valence-electron chi connectivity index (χ2n) is 2.96. The van der Waals surface area contributed by atoms with E-state index in [1.54, 1.807) is 0 Å². The van der Waals surface area contributed by atoms with Gasteiger partial charge in [0.15, 0.2) is 0 Å². The zero-order chi connectivity index (χ0) is 7.72. The first-order valence-corrected chi connectivity index (χ1v) is 3.61. The molecular weight excluding hydrogens is 124 g/mol. The standard InChI is InChI=1S/C8H14N2/c1-6(2)8-5-9-10(4)7(8)3/h5-6H,1-4H3.